The summed E-state index contributed by atoms with van der Waals surface area (Å²) in [5.74, 6) is -2.66. The van der Waals surface area contributed by atoms with Crippen molar-refractivity contribution in [2.24, 2.45) is 5.92 Å². The fraction of sp³-hybridized carbons (Fsp3) is 0.394. The zero-order valence-corrected chi connectivity index (χ0v) is 25.6. The van der Waals surface area contributed by atoms with E-state index in [9.17, 15) is 27.2 Å². The summed E-state index contributed by atoms with van der Waals surface area (Å²) in [4.78, 5) is 29.2. The summed E-state index contributed by atoms with van der Waals surface area (Å²) in [5, 5.41) is 3.43. The van der Waals surface area contributed by atoms with E-state index in [0.29, 0.717) is 42.5 Å². The largest absolute Gasteiger partial charge is 0.416 e. The Kier molecular flexibility index (Phi) is 9.19. The van der Waals surface area contributed by atoms with Gasteiger partial charge in [0.15, 0.2) is 0 Å². The summed E-state index contributed by atoms with van der Waals surface area (Å²) in [6.45, 7) is 3.22. The fourth-order valence-electron chi connectivity index (χ4n) is 6.58. The van der Waals surface area contributed by atoms with Crippen molar-refractivity contribution in [3.8, 4) is 0 Å². The van der Waals surface area contributed by atoms with Crippen molar-refractivity contribution < 1.29 is 27.2 Å². The first-order valence-electron chi connectivity index (χ1n) is 15.1. The van der Waals surface area contributed by atoms with Crippen LogP contribution in [0.2, 0.25) is 10.4 Å². The summed E-state index contributed by atoms with van der Waals surface area (Å²) in [5.41, 5.74) is 0.789. The highest BCUT2D eigenvalue weighted by atomic mass is 19.4. The number of amides is 2. The number of nitrogens with zero attached hydrogens (tertiary/aromatic N) is 1. The van der Waals surface area contributed by atoms with Crippen molar-refractivity contribution in [1.29, 1.82) is 0 Å². The first kappa shape index (κ1) is 33.7. The molecule has 1 saturated carbocycles. The average molecular weight is 621 g/mol. The van der Waals surface area contributed by atoms with E-state index in [-0.39, 0.29) is 29.4 Å². The van der Waals surface area contributed by atoms with Crippen LogP contribution in [-0.2, 0) is 11.0 Å². The molecule has 2 amide bonds. The molecule has 2 N–H and O–H groups in total. The second-order valence-electron chi connectivity index (χ2n) is 12.6. The number of halogens is 4. The number of hydrogen-bond donors (Lipinski definition) is 2. The molecule has 5 rings (SSSR count). The lowest BCUT2D eigenvalue weighted by Crippen LogP contribution is -2.46. The number of alkyl halides is 3. The van der Waals surface area contributed by atoms with Gasteiger partial charge in [0.25, 0.3) is 5.91 Å². The van der Waals surface area contributed by atoms with E-state index in [1.54, 1.807) is 37.3 Å². The lowest BCUT2D eigenvalue weighted by molar-refractivity contribution is -0.138. The molecular formula is C33H31B4F4N3O2. The Labute approximate surface area is 271 Å². The van der Waals surface area contributed by atoms with Crippen LogP contribution in [0.1, 0.15) is 64.3 Å². The van der Waals surface area contributed by atoms with E-state index < -0.39 is 51.8 Å². The third kappa shape index (κ3) is 6.74. The third-order valence-corrected chi connectivity index (χ3v) is 9.13. The zero-order valence-electron chi connectivity index (χ0n) is 25.6. The average Bonchev–Trinajstić information content (AvgIpc) is 3.18. The summed E-state index contributed by atoms with van der Waals surface area (Å²) < 4.78 is 55.8. The molecule has 1 saturated heterocycles. The quantitative estimate of drug-likeness (QED) is 0.256. The molecule has 2 atom stereocenters. The van der Waals surface area contributed by atoms with Gasteiger partial charge >= 0.3 is 6.18 Å². The van der Waals surface area contributed by atoms with Gasteiger partial charge < -0.3 is 15.5 Å². The fourth-order valence-corrected chi connectivity index (χ4v) is 6.58. The maximum Gasteiger partial charge on any atom is 0.416 e. The minimum Gasteiger partial charge on any atom is -0.382 e. The molecule has 3 aromatic rings. The van der Waals surface area contributed by atoms with E-state index in [1.165, 1.54) is 36.1 Å². The molecule has 2 fully saturated rings. The van der Waals surface area contributed by atoms with E-state index in [2.05, 4.69) is 10.6 Å². The molecule has 3 aromatic carbocycles. The van der Waals surface area contributed by atoms with Gasteiger partial charge in [0.1, 0.15) is 5.82 Å². The topological polar surface area (TPSA) is 61.4 Å². The molecule has 0 unspecified atom stereocenters. The molecule has 13 heteroatoms. The van der Waals surface area contributed by atoms with Gasteiger partial charge in [0, 0.05) is 24.0 Å². The van der Waals surface area contributed by atoms with Crippen LogP contribution in [-0.4, -0.2) is 60.7 Å². The molecule has 1 heterocycles. The first-order valence-corrected chi connectivity index (χ1v) is 15.1. The molecule has 46 heavy (non-hydrogen) atoms. The van der Waals surface area contributed by atoms with Gasteiger partial charge in [-0.15, -0.1) is 10.4 Å². The number of hydrogen-bond acceptors (Lipinski definition) is 3. The predicted molar refractivity (Wildman–Crippen MR) is 174 cm³/mol. The molecule has 0 aromatic heterocycles. The van der Waals surface area contributed by atoms with Gasteiger partial charge in [-0.1, -0.05) is 30.3 Å². The monoisotopic (exact) mass is 621 g/mol. The number of rotatable bonds is 6. The number of benzene rings is 3. The van der Waals surface area contributed by atoms with E-state index in [1.807, 2.05) is 0 Å². The molecule has 2 aliphatic rings. The minimum absolute atomic E-state index is 0.0158. The predicted octanol–water partition coefficient (Wildman–Crippen LogP) is 6.17. The maximum absolute atomic E-state index is 15.0. The molecule has 230 valence electrons. The number of piperidine rings is 1. The zero-order chi connectivity index (χ0) is 33.6. The Bertz CT molecular complexity index is 1600. The SMILES string of the molecule is [B]C1([B])CC(Nc2ccc([C@H]3[C@@H](C(=O)Nc4ccc(C)c(C(F)(F)F)c4)CCCN3C(=O)c3c(C)cccc3F)cc2)CC1([B])[B]. The number of nitrogens with one attached hydrogen (secondary N) is 2. The van der Waals surface area contributed by atoms with Gasteiger partial charge in [0.05, 0.1) is 54.5 Å². The Morgan fingerprint density at radius 2 is 1.52 bits per heavy atom. The highest BCUT2D eigenvalue weighted by molar-refractivity contribution is 6.54. The third-order valence-electron chi connectivity index (χ3n) is 9.13. The van der Waals surface area contributed by atoms with Crippen LogP contribution < -0.4 is 10.6 Å². The van der Waals surface area contributed by atoms with Crippen LogP contribution >= 0.6 is 0 Å². The molecule has 1 aliphatic carbocycles. The lowest BCUT2D eigenvalue weighted by atomic mass is 9.31. The Hall–Kier alpha value is -3.62. The Morgan fingerprint density at radius 1 is 0.891 bits per heavy atom. The summed E-state index contributed by atoms with van der Waals surface area (Å²) >= 11 is 0. The van der Waals surface area contributed by atoms with Gasteiger partial charge in [0.2, 0.25) is 5.91 Å². The molecule has 5 nitrogen and oxygen atoms in total. The highest BCUT2D eigenvalue weighted by Crippen LogP contribution is 2.55. The second-order valence-corrected chi connectivity index (χ2v) is 12.6. The van der Waals surface area contributed by atoms with Gasteiger partial charge in [-0.3, -0.25) is 9.59 Å². The summed E-state index contributed by atoms with van der Waals surface area (Å²) in [6, 6.07) is 14.0. The van der Waals surface area contributed by atoms with Crippen LogP contribution in [0.25, 0.3) is 0 Å². The number of carbonyl (C=O) groups excluding carboxylic acids is 2. The molecular weight excluding hydrogens is 590 g/mol. The molecule has 0 spiro atoms. The summed E-state index contributed by atoms with van der Waals surface area (Å²) in [7, 11) is 24.4. The van der Waals surface area contributed by atoms with Crippen molar-refractivity contribution in [3.63, 3.8) is 0 Å². The first-order chi connectivity index (χ1) is 21.5. The van der Waals surface area contributed by atoms with Crippen molar-refractivity contribution in [3.05, 3.63) is 94.3 Å². The minimum atomic E-state index is -4.60. The van der Waals surface area contributed by atoms with Crippen LogP contribution in [0.3, 0.4) is 0 Å². The standard InChI is InChI=1S/C33H31B4F4N3O2/c1-18-8-11-22(15-25(18)33(39,40)41)43-29(45)24-6-4-14-44(30(46)27-19(2)5-3-7-26(27)38)28(24)20-9-12-21(13-10-20)42-23-16-31(34,35)32(36,37)17-23/h3,5,7-13,15,23-24,28,42H,4,6,14,16-17H2,1-2H3,(H,43,45)/t24-,28-/m0/s1. The number of carbonyl (C=O) groups is 2. The van der Waals surface area contributed by atoms with Crippen LogP contribution in [0, 0.1) is 25.6 Å². The van der Waals surface area contributed by atoms with Crippen molar-refractivity contribution in [1.82, 2.24) is 4.90 Å². The van der Waals surface area contributed by atoms with Crippen molar-refractivity contribution in [2.45, 2.75) is 68.2 Å². The number of likely N-dealkylation sites (tertiary alicyclic amines) is 1. The molecule has 1 aliphatic heterocycles. The number of anilines is 2. The second kappa shape index (κ2) is 12.5. The van der Waals surface area contributed by atoms with Crippen LogP contribution in [0.15, 0.2) is 60.7 Å². The maximum atomic E-state index is 15.0. The van der Waals surface area contributed by atoms with Crippen LogP contribution in [0.4, 0.5) is 28.9 Å². The van der Waals surface area contributed by atoms with Crippen molar-refractivity contribution in [2.75, 3.05) is 17.2 Å². The smallest absolute Gasteiger partial charge is 0.382 e. The highest BCUT2D eigenvalue weighted by Gasteiger charge is 2.44. The van der Waals surface area contributed by atoms with Crippen LogP contribution in [0.5, 0.6) is 0 Å². The molecule has 8 radical (unpaired) electrons. The molecule has 0 bridgehead atoms. The summed E-state index contributed by atoms with van der Waals surface area (Å²) in [6.07, 6.45) is -3.17. The normalized spacial score (nSPS) is 21.1. The van der Waals surface area contributed by atoms with Crippen molar-refractivity contribution >= 4 is 54.6 Å². The van der Waals surface area contributed by atoms with Gasteiger partial charge in [-0.05, 0) is 86.6 Å². The Morgan fingerprint density at radius 3 is 2.13 bits per heavy atom. The Balaban J connectivity index is 1.47. The van der Waals surface area contributed by atoms with E-state index in [0.717, 1.165) is 6.07 Å². The van der Waals surface area contributed by atoms with E-state index >= 15 is 0 Å². The van der Waals surface area contributed by atoms with E-state index in [4.69, 9.17) is 31.4 Å². The van der Waals surface area contributed by atoms with Gasteiger partial charge in [-0.25, -0.2) is 4.39 Å². The van der Waals surface area contributed by atoms with Gasteiger partial charge in [-0.2, -0.15) is 13.2 Å². The lowest BCUT2D eigenvalue weighted by Gasteiger charge is -2.41. The number of aryl methyl sites for hydroxylation is 2.